The molecule has 0 bridgehead atoms. The van der Waals surface area contributed by atoms with Crippen molar-refractivity contribution in [3.63, 3.8) is 0 Å². The second-order valence-electron chi connectivity index (χ2n) is 6.45. The summed E-state index contributed by atoms with van der Waals surface area (Å²) >= 11 is 0. The van der Waals surface area contributed by atoms with Gasteiger partial charge in [-0.3, -0.25) is 4.79 Å². The number of rotatable bonds is 6. The average molecular weight is 313 g/mol. The first-order valence-corrected chi connectivity index (χ1v) is 8.29. The molecule has 1 aromatic rings. The Morgan fingerprint density at radius 1 is 1.29 bits per heavy atom. The third-order valence-electron chi connectivity index (χ3n) is 2.98. The zero-order chi connectivity index (χ0) is 16.3. The molecular formula is C15H23NO4S. The van der Waals surface area contributed by atoms with Crippen LogP contribution in [-0.2, 0) is 14.8 Å². The molecule has 0 amide bonds. The van der Waals surface area contributed by atoms with Gasteiger partial charge in [-0.2, -0.15) is 0 Å². The minimum Gasteiger partial charge on any atom is -0.481 e. The number of hydrogen-bond donors (Lipinski definition) is 2. The highest BCUT2D eigenvalue weighted by atomic mass is 32.2. The Kier molecular flexibility index (Phi) is 5.53. The maximum absolute atomic E-state index is 12.4. The van der Waals surface area contributed by atoms with Crippen molar-refractivity contribution < 1.29 is 18.3 Å². The molecule has 21 heavy (non-hydrogen) atoms. The first-order chi connectivity index (χ1) is 9.51. The fourth-order valence-corrected chi connectivity index (χ4v) is 3.73. The normalized spacial score (nSPS) is 13.9. The van der Waals surface area contributed by atoms with Crippen LogP contribution in [0.15, 0.2) is 29.2 Å². The molecule has 0 spiro atoms. The van der Waals surface area contributed by atoms with E-state index in [2.05, 4.69) is 4.72 Å². The Balaban J connectivity index is 3.01. The zero-order valence-electron chi connectivity index (χ0n) is 12.9. The molecule has 0 aromatic heterocycles. The third-order valence-corrected chi connectivity index (χ3v) is 4.67. The lowest BCUT2D eigenvalue weighted by Gasteiger charge is -2.25. The standard InChI is InChI=1S/C15H23NO4S/c1-11-7-5-6-8-13(11)21(19,20)16-12(9-14(17)18)10-15(2,3)4/h5-8,12,16H,9-10H2,1-4H3,(H,17,18). The molecular weight excluding hydrogens is 290 g/mol. The van der Waals surface area contributed by atoms with E-state index in [-0.39, 0.29) is 16.7 Å². The molecule has 2 N–H and O–H groups in total. The van der Waals surface area contributed by atoms with Crippen LogP contribution in [0.5, 0.6) is 0 Å². The second kappa shape index (κ2) is 6.58. The smallest absolute Gasteiger partial charge is 0.304 e. The molecule has 0 aliphatic rings. The highest BCUT2D eigenvalue weighted by Gasteiger charge is 2.27. The lowest BCUT2D eigenvalue weighted by molar-refractivity contribution is -0.137. The molecule has 1 atom stereocenters. The Hall–Kier alpha value is -1.40. The summed E-state index contributed by atoms with van der Waals surface area (Å²) in [5.74, 6) is -1.02. The maximum atomic E-state index is 12.4. The SMILES string of the molecule is Cc1ccccc1S(=O)(=O)NC(CC(=O)O)CC(C)(C)C. The lowest BCUT2D eigenvalue weighted by Crippen LogP contribution is -2.39. The van der Waals surface area contributed by atoms with Crippen LogP contribution in [0.1, 0.15) is 39.2 Å². The van der Waals surface area contributed by atoms with Gasteiger partial charge in [0.05, 0.1) is 11.3 Å². The van der Waals surface area contributed by atoms with Gasteiger partial charge in [0.25, 0.3) is 0 Å². The molecule has 6 heteroatoms. The fourth-order valence-electron chi connectivity index (χ4n) is 2.25. The predicted molar refractivity (Wildman–Crippen MR) is 81.6 cm³/mol. The highest BCUT2D eigenvalue weighted by Crippen LogP contribution is 2.24. The van der Waals surface area contributed by atoms with Crippen molar-refractivity contribution in [1.82, 2.24) is 4.72 Å². The van der Waals surface area contributed by atoms with Crippen molar-refractivity contribution in [3.8, 4) is 0 Å². The van der Waals surface area contributed by atoms with Gasteiger partial charge in [0.1, 0.15) is 0 Å². The van der Waals surface area contributed by atoms with Crippen LogP contribution in [0, 0.1) is 12.3 Å². The van der Waals surface area contributed by atoms with Gasteiger partial charge in [-0.15, -0.1) is 0 Å². The largest absolute Gasteiger partial charge is 0.481 e. The summed E-state index contributed by atoms with van der Waals surface area (Å²) in [6.07, 6.45) is 0.215. The molecule has 5 nitrogen and oxygen atoms in total. The van der Waals surface area contributed by atoms with E-state index in [1.807, 2.05) is 20.8 Å². The van der Waals surface area contributed by atoms with Crippen LogP contribution in [0.3, 0.4) is 0 Å². The Labute approximate surface area is 126 Å². The van der Waals surface area contributed by atoms with Crippen molar-refractivity contribution in [2.45, 2.75) is 51.5 Å². The summed E-state index contributed by atoms with van der Waals surface area (Å²) in [4.78, 5) is 11.1. The summed E-state index contributed by atoms with van der Waals surface area (Å²) in [6.45, 7) is 7.56. The molecule has 0 aliphatic carbocycles. The summed E-state index contributed by atoms with van der Waals surface area (Å²) in [5.41, 5.74) is 0.462. The number of carbonyl (C=O) groups is 1. The summed E-state index contributed by atoms with van der Waals surface area (Å²) < 4.78 is 27.4. The van der Waals surface area contributed by atoms with Crippen LogP contribution in [0.2, 0.25) is 0 Å². The van der Waals surface area contributed by atoms with Gasteiger partial charge in [-0.1, -0.05) is 39.0 Å². The number of benzene rings is 1. The van der Waals surface area contributed by atoms with Gasteiger partial charge in [0, 0.05) is 6.04 Å². The van der Waals surface area contributed by atoms with Crippen LogP contribution < -0.4 is 4.72 Å². The van der Waals surface area contributed by atoms with Crippen molar-refractivity contribution in [2.75, 3.05) is 0 Å². The minimum absolute atomic E-state index is 0.172. The van der Waals surface area contributed by atoms with Crippen molar-refractivity contribution in [1.29, 1.82) is 0 Å². The van der Waals surface area contributed by atoms with Gasteiger partial charge < -0.3 is 5.11 Å². The van der Waals surface area contributed by atoms with Gasteiger partial charge in [-0.25, -0.2) is 13.1 Å². The Morgan fingerprint density at radius 3 is 2.33 bits per heavy atom. The van der Waals surface area contributed by atoms with Crippen molar-refractivity contribution in [3.05, 3.63) is 29.8 Å². The predicted octanol–water partition coefficient (Wildman–Crippen LogP) is 2.55. The number of nitrogens with one attached hydrogen (secondary N) is 1. The van der Waals surface area contributed by atoms with E-state index in [1.54, 1.807) is 25.1 Å². The van der Waals surface area contributed by atoms with E-state index in [4.69, 9.17) is 5.11 Å². The molecule has 1 aromatic carbocycles. The quantitative estimate of drug-likeness (QED) is 0.845. The molecule has 0 aliphatic heterocycles. The van der Waals surface area contributed by atoms with Gasteiger partial charge >= 0.3 is 5.97 Å². The van der Waals surface area contributed by atoms with E-state index in [1.165, 1.54) is 6.07 Å². The first kappa shape index (κ1) is 17.7. The lowest BCUT2D eigenvalue weighted by atomic mass is 9.87. The molecule has 1 unspecified atom stereocenters. The molecule has 0 radical (unpaired) electrons. The number of carboxylic acids is 1. The van der Waals surface area contributed by atoms with E-state index in [0.717, 1.165) is 0 Å². The Morgan fingerprint density at radius 2 is 1.86 bits per heavy atom. The number of sulfonamides is 1. The van der Waals surface area contributed by atoms with Crippen molar-refractivity contribution >= 4 is 16.0 Å². The molecule has 1 rings (SSSR count). The molecule has 0 saturated heterocycles. The van der Waals surface area contributed by atoms with Crippen LogP contribution >= 0.6 is 0 Å². The van der Waals surface area contributed by atoms with E-state index in [0.29, 0.717) is 12.0 Å². The highest BCUT2D eigenvalue weighted by molar-refractivity contribution is 7.89. The number of carboxylic acid groups (broad SMARTS) is 1. The van der Waals surface area contributed by atoms with Crippen LogP contribution in [0.25, 0.3) is 0 Å². The maximum Gasteiger partial charge on any atom is 0.304 e. The summed E-state index contributed by atoms with van der Waals surface area (Å²) in [6, 6.07) is 6.01. The van der Waals surface area contributed by atoms with Crippen molar-refractivity contribution in [2.24, 2.45) is 5.41 Å². The van der Waals surface area contributed by atoms with Crippen LogP contribution in [0.4, 0.5) is 0 Å². The number of hydrogen-bond acceptors (Lipinski definition) is 3. The van der Waals surface area contributed by atoms with Gasteiger partial charge in [-0.05, 0) is 30.4 Å². The Bertz CT molecular complexity index is 602. The van der Waals surface area contributed by atoms with E-state index < -0.39 is 22.0 Å². The first-order valence-electron chi connectivity index (χ1n) is 6.81. The number of aryl methyl sites for hydroxylation is 1. The summed E-state index contributed by atoms with van der Waals surface area (Å²) in [7, 11) is -3.72. The fraction of sp³-hybridized carbons (Fsp3) is 0.533. The van der Waals surface area contributed by atoms with Crippen LogP contribution in [-0.4, -0.2) is 25.5 Å². The molecule has 0 saturated carbocycles. The third kappa shape index (κ3) is 5.85. The zero-order valence-corrected chi connectivity index (χ0v) is 13.7. The minimum atomic E-state index is -3.72. The monoisotopic (exact) mass is 313 g/mol. The average Bonchev–Trinajstić information content (AvgIpc) is 2.24. The second-order valence-corrected chi connectivity index (χ2v) is 8.13. The van der Waals surface area contributed by atoms with E-state index >= 15 is 0 Å². The molecule has 0 heterocycles. The molecule has 118 valence electrons. The van der Waals surface area contributed by atoms with E-state index in [9.17, 15) is 13.2 Å². The summed E-state index contributed by atoms with van der Waals surface area (Å²) in [5, 5.41) is 8.97. The topological polar surface area (TPSA) is 83.5 Å². The van der Waals surface area contributed by atoms with Gasteiger partial charge in [0.2, 0.25) is 10.0 Å². The van der Waals surface area contributed by atoms with Gasteiger partial charge in [0.15, 0.2) is 0 Å². The number of aliphatic carboxylic acids is 1. The molecule has 0 fully saturated rings.